The Labute approximate surface area is 137 Å². The highest BCUT2D eigenvalue weighted by molar-refractivity contribution is 7.89. The predicted molar refractivity (Wildman–Crippen MR) is 85.2 cm³/mol. The standard InChI is InChI=1S/C15H24N4O3S/c1-12-14(11-17(2)16-12)23(21,22)19-8-3-5-13(10-19)9-18-7-4-6-15(18)20/h11,13H,3-10H2,1-2H3. The number of amides is 1. The molecule has 0 aliphatic carbocycles. The smallest absolute Gasteiger partial charge is 0.246 e. The summed E-state index contributed by atoms with van der Waals surface area (Å²) < 4.78 is 28.8. The highest BCUT2D eigenvalue weighted by Crippen LogP contribution is 2.26. The average molecular weight is 340 g/mol. The molecular formula is C15H24N4O3S. The second kappa shape index (κ2) is 6.24. The van der Waals surface area contributed by atoms with Crippen molar-refractivity contribution < 1.29 is 13.2 Å². The van der Waals surface area contributed by atoms with E-state index in [1.807, 2.05) is 4.90 Å². The molecule has 23 heavy (non-hydrogen) atoms. The van der Waals surface area contributed by atoms with Gasteiger partial charge in [0.1, 0.15) is 4.90 Å². The lowest BCUT2D eigenvalue weighted by molar-refractivity contribution is -0.128. The van der Waals surface area contributed by atoms with E-state index in [2.05, 4.69) is 5.10 Å². The van der Waals surface area contributed by atoms with Crippen LogP contribution in [0.3, 0.4) is 0 Å². The monoisotopic (exact) mass is 340 g/mol. The van der Waals surface area contributed by atoms with E-state index in [1.54, 1.807) is 24.5 Å². The lowest BCUT2D eigenvalue weighted by Gasteiger charge is -2.33. The Morgan fingerprint density at radius 1 is 1.30 bits per heavy atom. The Bertz CT molecular complexity index is 698. The molecule has 2 aliphatic heterocycles. The molecule has 2 fully saturated rings. The molecule has 0 N–H and O–H groups in total. The highest BCUT2D eigenvalue weighted by atomic mass is 32.2. The Kier molecular flexibility index (Phi) is 4.46. The number of hydrogen-bond acceptors (Lipinski definition) is 4. The summed E-state index contributed by atoms with van der Waals surface area (Å²) in [5.41, 5.74) is 0.532. The number of carbonyl (C=O) groups excluding carboxylic acids is 1. The van der Waals surface area contributed by atoms with Gasteiger partial charge in [0.15, 0.2) is 0 Å². The lowest BCUT2D eigenvalue weighted by Crippen LogP contribution is -2.44. The van der Waals surface area contributed by atoms with Crippen LogP contribution in [0.15, 0.2) is 11.1 Å². The van der Waals surface area contributed by atoms with Gasteiger partial charge in [0.25, 0.3) is 0 Å². The molecule has 1 atom stereocenters. The van der Waals surface area contributed by atoms with Crippen molar-refractivity contribution in [3.8, 4) is 0 Å². The Hall–Kier alpha value is -1.41. The quantitative estimate of drug-likeness (QED) is 0.811. The van der Waals surface area contributed by atoms with Crippen LogP contribution in [0, 0.1) is 12.8 Å². The minimum Gasteiger partial charge on any atom is -0.342 e. The van der Waals surface area contributed by atoms with E-state index < -0.39 is 10.0 Å². The first-order valence-electron chi connectivity index (χ1n) is 8.16. The molecule has 1 amide bonds. The zero-order chi connectivity index (χ0) is 16.6. The molecule has 1 aromatic heterocycles. The van der Waals surface area contributed by atoms with E-state index in [0.717, 1.165) is 25.8 Å². The molecular weight excluding hydrogens is 316 g/mol. The molecule has 0 spiro atoms. The normalized spacial score (nSPS) is 23.7. The van der Waals surface area contributed by atoms with Gasteiger partial charge in [-0.1, -0.05) is 0 Å². The molecule has 2 aliphatic rings. The van der Waals surface area contributed by atoms with Crippen LogP contribution < -0.4 is 0 Å². The van der Waals surface area contributed by atoms with E-state index in [1.165, 1.54) is 4.68 Å². The summed E-state index contributed by atoms with van der Waals surface area (Å²) in [6, 6.07) is 0. The fourth-order valence-corrected chi connectivity index (χ4v) is 5.33. The molecule has 0 bridgehead atoms. The fourth-order valence-electron chi connectivity index (χ4n) is 3.57. The van der Waals surface area contributed by atoms with Crippen molar-refractivity contribution in [2.75, 3.05) is 26.2 Å². The third-order valence-corrected chi connectivity index (χ3v) is 6.69. The molecule has 0 saturated carbocycles. The molecule has 1 unspecified atom stereocenters. The van der Waals surface area contributed by atoms with E-state index >= 15 is 0 Å². The minimum atomic E-state index is -3.51. The van der Waals surface area contributed by atoms with E-state index in [-0.39, 0.29) is 16.7 Å². The van der Waals surface area contributed by atoms with Crippen LogP contribution in [0.1, 0.15) is 31.4 Å². The second-order valence-electron chi connectivity index (χ2n) is 6.57. The maximum absolute atomic E-state index is 12.9. The van der Waals surface area contributed by atoms with Crippen molar-refractivity contribution in [2.45, 2.75) is 37.5 Å². The molecule has 8 heteroatoms. The van der Waals surface area contributed by atoms with Gasteiger partial charge in [-0.2, -0.15) is 9.40 Å². The van der Waals surface area contributed by atoms with Gasteiger partial charge in [0, 0.05) is 45.8 Å². The number of aryl methyl sites for hydroxylation is 2. The van der Waals surface area contributed by atoms with Crippen molar-refractivity contribution >= 4 is 15.9 Å². The zero-order valence-corrected chi connectivity index (χ0v) is 14.5. The van der Waals surface area contributed by atoms with Gasteiger partial charge >= 0.3 is 0 Å². The van der Waals surface area contributed by atoms with Crippen molar-refractivity contribution in [1.82, 2.24) is 19.0 Å². The van der Waals surface area contributed by atoms with Crippen LogP contribution in [0.4, 0.5) is 0 Å². The first kappa shape index (κ1) is 16.4. The van der Waals surface area contributed by atoms with Crippen molar-refractivity contribution in [1.29, 1.82) is 0 Å². The highest BCUT2D eigenvalue weighted by Gasteiger charge is 2.34. The summed E-state index contributed by atoms with van der Waals surface area (Å²) in [6.45, 7) is 4.24. The van der Waals surface area contributed by atoms with Crippen LogP contribution in [0.25, 0.3) is 0 Å². The van der Waals surface area contributed by atoms with Crippen LogP contribution in [0.2, 0.25) is 0 Å². The zero-order valence-electron chi connectivity index (χ0n) is 13.7. The van der Waals surface area contributed by atoms with E-state index in [4.69, 9.17) is 0 Å². The summed E-state index contributed by atoms with van der Waals surface area (Å²) in [5.74, 6) is 0.422. The van der Waals surface area contributed by atoms with Gasteiger partial charge in [-0.3, -0.25) is 9.48 Å². The number of sulfonamides is 1. The summed E-state index contributed by atoms with van der Waals surface area (Å²) in [7, 11) is -1.78. The van der Waals surface area contributed by atoms with Crippen LogP contribution in [-0.2, 0) is 21.9 Å². The third-order valence-electron chi connectivity index (χ3n) is 4.72. The number of rotatable bonds is 4. The van der Waals surface area contributed by atoms with Gasteiger partial charge in [-0.15, -0.1) is 0 Å². The van der Waals surface area contributed by atoms with Crippen LogP contribution in [-0.4, -0.2) is 59.5 Å². The molecule has 128 valence electrons. The lowest BCUT2D eigenvalue weighted by atomic mass is 9.99. The van der Waals surface area contributed by atoms with E-state index in [9.17, 15) is 13.2 Å². The predicted octanol–water partition coefficient (Wildman–Crippen LogP) is 0.752. The third kappa shape index (κ3) is 3.28. The first-order valence-corrected chi connectivity index (χ1v) is 9.60. The fraction of sp³-hybridized carbons (Fsp3) is 0.733. The Balaban J connectivity index is 1.72. The first-order chi connectivity index (χ1) is 10.9. The minimum absolute atomic E-state index is 0.202. The van der Waals surface area contributed by atoms with E-state index in [0.29, 0.717) is 31.7 Å². The summed E-state index contributed by atoms with van der Waals surface area (Å²) in [5, 5.41) is 4.14. The molecule has 1 aromatic rings. The number of carbonyl (C=O) groups is 1. The number of piperidine rings is 1. The summed E-state index contributed by atoms with van der Waals surface area (Å²) >= 11 is 0. The molecule has 3 rings (SSSR count). The Morgan fingerprint density at radius 2 is 2.09 bits per heavy atom. The summed E-state index contributed by atoms with van der Waals surface area (Å²) in [6.07, 6.45) is 4.93. The largest absolute Gasteiger partial charge is 0.342 e. The maximum atomic E-state index is 12.9. The van der Waals surface area contributed by atoms with Crippen LogP contribution >= 0.6 is 0 Å². The van der Waals surface area contributed by atoms with Gasteiger partial charge in [-0.25, -0.2) is 8.42 Å². The maximum Gasteiger partial charge on any atom is 0.246 e. The van der Waals surface area contributed by atoms with Crippen LogP contribution in [0.5, 0.6) is 0 Å². The van der Waals surface area contributed by atoms with Gasteiger partial charge < -0.3 is 4.90 Å². The Morgan fingerprint density at radius 3 is 2.70 bits per heavy atom. The molecule has 3 heterocycles. The van der Waals surface area contributed by atoms with Gasteiger partial charge in [0.2, 0.25) is 15.9 Å². The number of likely N-dealkylation sites (tertiary alicyclic amines) is 1. The average Bonchev–Trinajstić information content (AvgIpc) is 3.05. The SMILES string of the molecule is Cc1nn(C)cc1S(=O)(=O)N1CCCC(CN2CCCC2=O)C1. The number of hydrogen-bond donors (Lipinski definition) is 0. The number of aromatic nitrogens is 2. The van der Waals surface area contributed by atoms with Gasteiger partial charge in [0.05, 0.1) is 5.69 Å². The van der Waals surface area contributed by atoms with Crippen molar-refractivity contribution in [3.05, 3.63) is 11.9 Å². The number of nitrogens with zero attached hydrogens (tertiary/aromatic N) is 4. The topological polar surface area (TPSA) is 75.5 Å². The summed E-state index contributed by atoms with van der Waals surface area (Å²) in [4.78, 5) is 14.0. The molecule has 2 saturated heterocycles. The van der Waals surface area contributed by atoms with Gasteiger partial charge in [-0.05, 0) is 32.1 Å². The molecule has 7 nitrogen and oxygen atoms in total. The second-order valence-corrected chi connectivity index (χ2v) is 8.47. The van der Waals surface area contributed by atoms with Crippen molar-refractivity contribution in [2.24, 2.45) is 13.0 Å². The van der Waals surface area contributed by atoms with Crippen molar-refractivity contribution in [3.63, 3.8) is 0 Å². The molecule has 0 aromatic carbocycles. The molecule has 0 radical (unpaired) electrons.